The highest BCUT2D eigenvalue weighted by Gasteiger charge is 2.22. The summed E-state index contributed by atoms with van der Waals surface area (Å²) in [5, 5.41) is 0. The van der Waals surface area contributed by atoms with Crippen molar-refractivity contribution in [3.63, 3.8) is 0 Å². The summed E-state index contributed by atoms with van der Waals surface area (Å²) in [5.41, 5.74) is 1.45. The maximum absolute atomic E-state index is 11.9. The lowest BCUT2D eigenvalue weighted by Crippen LogP contribution is -2.15. The van der Waals surface area contributed by atoms with Crippen LogP contribution in [0.5, 0.6) is 0 Å². The van der Waals surface area contributed by atoms with Crippen LogP contribution in [0.4, 0.5) is 0 Å². The molecule has 0 amide bonds. The number of rotatable bonds is 1. The van der Waals surface area contributed by atoms with E-state index < -0.39 is 0 Å². The van der Waals surface area contributed by atoms with Gasteiger partial charge in [0.05, 0.1) is 0 Å². The van der Waals surface area contributed by atoms with Gasteiger partial charge in [0.1, 0.15) is 0 Å². The van der Waals surface area contributed by atoms with Gasteiger partial charge < -0.3 is 0 Å². The standard InChI is InChI=1S/C13H10O2/c1-2-5-9-8-12(14)10-6-3-4-7-11(10)13(9)15/h2-8H,1H3/b5-2+. The molecule has 0 aliphatic heterocycles. The van der Waals surface area contributed by atoms with E-state index in [1.54, 1.807) is 36.4 Å². The van der Waals surface area contributed by atoms with Crippen LogP contribution < -0.4 is 0 Å². The molecule has 0 heterocycles. The number of ketones is 2. The number of carbonyl (C=O) groups excluding carboxylic acids is 2. The summed E-state index contributed by atoms with van der Waals surface area (Å²) in [6, 6.07) is 6.89. The summed E-state index contributed by atoms with van der Waals surface area (Å²) >= 11 is 0. The number of benzene rings is 1. The van der Waals surface area contributed by atoms with Gasteiger partial charge in [0.15, 0.2) is 11.6 Å². The van der Waals surface area contributed by atoms with Gasteiger partial charge >= 0.3 is 0 Å². The third-order valence-electron chi connectivity index (χ3n) is 2.33. The van der Waals surface area contributed by atoms with Crippen molar-refractivity contribution in [2.24, 2.45) is 0 Å². The third-order valence-corrected chi connectivity index (χ3v) is 2.33. The average Bonchev–Trinajstić information content (AvgIpc) is 2.26. The van der Waals surface area contributed by atoms with Crippen LogP contribution in [0.15, 0.2) is 48.1 Å². The van der Waals surface area contributed by atoms with Crippen LogP contribution in [0.3, 0.4) is 0 Å². The van der Waals surface area contributed by atoms with Crippen molar-refractivity contribution in [2.75, 3.05) is 0 Å². The molecule has 0 N–H and O–H groups in total. The molecule has 0 bridgehead atoms. The summed E-state index contributed by atoms with van der Waals surface area (Å²) in [6.07, 6.45) is 4.81. The molecule has 1 aromatic carbocycles. The number of fused-ring (bicyclic) bond motifs is 1. The van der Waals surface area contributed by atoms with Gasteiger partial charge in [-0.2, -0.15) is 0 Å². The molecule has 1 aliphatic carbocycles. The Morgan fingerprint density at radius 3 is 2.40 bits per heavy atom. The first-order valence-electron chi connectivity index (χ1n) is 4.76. The predicted molar refractivity (Wildman–Crippen MR) is 58.0 cm³/mol. The Morgan fingerprint density at radius 1 is 1.07 bits per heavy atom. The van der Waals surface area contributed by atoms with Crippen LogP contribution >= 0.6 is 0 Å². The lowest BCUT2D eigenvalue weighted by Gasteiger charge is -2.11. The van der Waals surface area contributed by atoms with E-state index in [1.165, 1.54) is 6.08 Å². The highest BCUT2D eigenvalue weighted by molar-refractivity contribution is 6.25. The van der Waals surface area contributed by atoms with E-state index in [9.17, 15) is 9.59 Å². The fourth-order valence-electron chi connectivity index (χ4n) is 1.64. The molecule has 0 aromatic heterocycles. The first-order chi connectivity index (χ1) is 7.24. The monoisotopic (exact) mass is 198 g/mol. The average molecular weight is 198 g/mol. The summed E-state index contributed by atoms with van der Waals surface area (Å²) < 4.78 is 0. The highest BCUT2D eigenvalue weighted by Crippen LogP contribution is 2.21. The van der Waals surface area contributed by atoms with E-state index >= 15 is 0 Å². The number of hydrogen-bond donors (Lipinski definition) is 0. The maximum atomic E-state index is 11.9. The van der Waals surface area contributed by atoms with Crippen molar-refractivity contribution in [1.82, 2.24) is 0 Å². The first-order valence-corrected chi connectivity index (χ1v) is 4.76. The van der Waals surface area contributed by atoms with E-state index in [0.29, 0.717) is 16.7 Å². The molecule has 0 atom stereocenters. The molecule has 0 fully saturated rings. The highest BCUT2D eigenvalue weighted by atomic mass is 16.1. The molecule has 2 rings (SSSR count). The van der Waals surface area contributed by atoms with E-state index in [4.69, 9.17) is 0 Å². The lowest BCUT2D eigenvalue weighted by molar-refractivity contribution is 0.0987. The van der Waals surface area contributed by atoms with Crippen LogP contribution in [0, 0.1) is 0 Å². The van der Waals surface area contributed by atoms with Crippen molar-refractivity contribution < 1.29 is 9.59 Å². The molecular weight excluding hydrogens is 188 g/mol. The minimum atomic E-state index is -0.0988. The maximum Gasteiger partial charge on any atom is 0.193 e. The molecule has 74 valence electrons. The zero-order valence-electron chi connectivity index (χ0n) is 8.36. The normalized spacial score (nSPS) is 15.4. The van der Waals surface area contributed by atoms with Gasteiger partial charge in [-0.1, -0.05) is 36.4 Å². The van der Waals surface area contributed by atoms with E-state index in [2.05, 4.69) is 0 Å². The van der Waals surface area contributed by atoms with Crippen molar-refractivity contribution in [3.05, 3.63) is 59.2 Å². The molecule has 1 aliphatic rings. The molecule has 0 spiro atoms. The fraction of sp³-hybridized carbons (Fsp3) is 0.0769. The largest absolute Gasteiger partial charge is 0.289 e. The molecule has 0 unspecified atom stereocenters. The van der Waals surface area contributed by atoms with Crippen molar-refractivity contribution in [3.8, 4) is 0 Å². The van der Waals surface area contributed by atoms with Crippen molar-refractivity contribution >= 4 is 11.6 Å². The van der Waals surface area contributed by atoms with Crippen LogP contribution in [0.1, 0.15) is 27.6 Å². The minimum Gasteiger partial charge on any atom is -0.289 e. The number of allylic oxidation sites excluding steroid dienone is 4. The summed E-state index contributed by atoms with van der Waals surface area (Å²) in [4.78, 5) is 23.5. The number of hydrogen-bond acceptors (Lipinski definition) is 2. The fourth-order valence-corrected chi connectivity index (χ4v) is 1.64. The molecule has 2 nitrogen and oxygen atoms in total. The zero-order valence-corrected chi connectivity index (χ0v) is 8.36. The Labute approximate surface area is 87.9 Å². The van der Waals surface area contributed by atoms with Gasteiger partial charge in [-0.05, 0) is 13.0 Å². The number of Topliss-reactive ketones (excluding diaryl/α,β-unsaturated/α-hetero) is 1. The van der Waals surface area contributed by atoms with Crippen LogP contribution in [-0.2, 0) is 0 Å². The van der Waals surface area contributed by atoms with Gasteiger partial charge in [-0.3, -0.25) is 9.59 Å². The van der Waals surface area contributed by atoms with Crippen LogP contribution in [0.25, 0.3) is 0 Å². The summed E-state index contributed by atoms with van der Waals surface area (Å²) in [5.74, 6) is -0.179. The molecule has 2 heteroatoms. The first kappa shape index (κ1) is 9.59. The Hall–Kier alpha value is -1.96. The second-order valence-electron chi connectivity index (χ2n) is 3.34. The SMILES string of the molecule is C/C=C/C1=CC(=O)c2ccccc2C1=O. The van der Waals surface area contributed by atoms with Gasteiger partial charge in [-0.25, -0.2) is 0 Å². The van der Waals surface area contributed by atoms with Gasteiger partial charge in [-0.15, -0.1) is 0 Å². The topological polar surface area (TPSA) is 34.1 Å². The second-order valence-corrected chi connectivity index (χ2v) is 3.34. The van der Waals surface area contributed by atoms with Crippen molar-refractivity contribution in [2.45, 2.75) is 6.92 Å². The smallest absolute Gasteiger partial charge is 0.193 e. The summed E-state index contributed by atoms with van der Waals surface area (Å²) in [7, 11) is 0. The Morgan fingerprint density at radius 2 is 1.73 bits per heavy atom. The molecule has 1 aromatic rings. The Bertz CT molecular complexity index is 493. The minimum absolute atomic E-state index is 0.0803. The molecular formula is C13H10O2. The predicted octanol–water partition coefficient (Wildman–Crippen LogP) is 2.57. The van der Waals surface area contributed by atoms with Gasteiger partial charge in [0, 0.05) is 16.7 Å². The van der Waals surface area contributed by atoms with E-state index in [-0.39, 0.29) is 11.6 Å². The van der Waals surface area contributed by atoms with Crippen molar-refractivity contribution in [1.29, 1.82) is 0 Å². The Balaban J connectivity index is 2.58. The second kappa shape index (κ2) is 3.65. The van der Waals surface area contributed by atoms with Crippen LogP contribution in [-0.4, -0.2) is 11.6 Å². The summed E-state index contributed by atoms with van der Waals surface area (Å²) in [6.45, 7) is 1.82. The quantitative estimate of drug-likeness (QED) is 0.695. The molecule has 0 radical (unpaired) electrons. The molecule has 15 heavy (non-hydrogen) atoms. The Kier molecular flexibility index (Phi) is 2.34. The van der Waals surface area contributed by atoms with Gasteiger partial charge in [0.25, 0.3) is 0 Å². The molecule has 0 saturated carbocycles. The third kappa shape index (κ3) is 1.54. The van der Waals surface area contributed by atoms with Crippen LogP contribution in [0.2, 0.25) is 0 Å². The lowest BCUT2D eigenvalue weighted by atomic mass is 9.89. The molecule has 0 saturated heterocycles. The number of carbonyl (C=O) groups is 2. The van der Waals surface area contributed by atoms with Gasteiger partial charge in [0.2, 0.25) is 0 Å². The van der Waals surface area contributed by atoms with E-state index in [0.717, 1.165) is 0 Å². The van der Waals surface area contributed by atoms with E-state index in [1.807, 2.05) is 6.92 Å². The zero-order chi connectivity index (χ0) is 10.8.